The summed E-state index contributed by atoms with van der Waals surface area (Å²) in [6.45, 7) is 16.5. The molecule has 2 aromatic heterocycles. The average molecular weight is 419 g/mol. The van der Waals surface area contributed by atoms with E-state index in [1.807, 2.05) is 13.8 Å². The van der Waals surface area contributed by atoms with Gasteiger partial charge in [-0.05, 0) is 70.2 Å². The molecule has 30 heavy (non-hydrogen) atoms. The predicted octanol–water partition coefficient (Wildman–Crippen LogP) is 2.45. The Morgan fingerprint density at radius 3 is 2.23 bits per heavy atom. The van der Waals surface area contributed by atoms with Gasteiger partial charge in [0.2, 0.25) is 0 Å². The first-order chi connectivity index (χ1) is 13.8. The molecule has 0 spiro atoms. The Labute approximate surface area is 204 Å². The zero-order valence-corrected chi connectivity index (χ0v) is 21.9. The van der Waals surface area contributed by atoms with E-state index in [0.717, 1.165) is 71.0 Å². The monoisotopic (exact) mass is 418 g/mol. The van der Waals surface area contributed by atoms with Crippen molar-refractivity contribution in [2.24, 2.45) is 0 Å². The second-order valence-corrected chi connectivity index (χ2v) is 8.09. The van der Waals surface area contributed by atoms with Crippen LogP contribution < -0.4 is 34.5 Å². The summed E-state index contributed by atoms with van der Waals surface area (Å²) >= 11 is 0. The molecule has 0 fully saturated rings. The number of hydrogen-bond donors (Lipinski definition) is 1. The number of aliphatic hydroxyl groups is 1. The number of rotatable bonds is 7. The molecule has 0 saturated heterocycles. The number of anilines is 1. The molecule has 1 aromatic carbocycles. The topological polar surface area (TPSA) is 54.2 Å². The van der Waals surface area contributed by atoms with Gasteiger partial charge in [-0.3, -0.25) is 0 Å². The van der Waals surface area contributed by atoms with E-state index in [-0.39, 0.29) is 31.0 Å². The quantitative estimate of drug-likeness (QED) is 0.599. The summed E-state index contributed by atoms with van der Waals surface area (Å²) in [4.78, 5) is 12.1. The van der Waals surface area contributed by atoms with Crippen LogP contribution in [0.2, 0.25) is 0 Å². The Hall–Kier alpha value is -1.40. The van der Waals surface area contributed by atoms with Crippen molar-refractivity contribution in [1.29, 1.82) is 0 Å². The van der Waals surface area contributed by atoms with Crippen LogP contribution in [0.5, 0.6) is 0 Å². The molecule has 3 rings (SSSR count). The molecule has 0 bridgehead atoms. The molecule has 158 valence electrons. The molecular weight excluding hydrogens is 383 g/mol. The first-order valence-electron chi connectivity index (χ1n) is 10.7. The van der Waals surface area contributed by atoms with Gasteiger partial charge in [0.05, 0.1) is 17.2 Å². The first kappa shape index (κ1) is 24.9. The molecule has 5 nitrogen and oxygen atoms in total. The second-order valence-electron chi connectivity index (χ2n) is 8.09. The van der Waals surface area contributed by atoms with Gasteiger partial charge in [0, 0.05) is 19.3 Å². The number of aliphatic hydroxyl groups excluding tert-OH is 1. The summed E-state index contributed by atoms with van der Waals surface area (Å²) in [5.41, 5.74) is 6.48. The number of hydrogen-bond acceptors (Lipinski definition) is 4. The van der Waals surface area contributed by atoms with Gasteiger partial charge >= 0.3 is 29.6 Å². The minimum atomic E-state index is -0.475. The maximum Gasteiger partial charge on any atom is 1.00 e. The number of aryl methyl sites for hydroxylation is 4. The van der Waals surface area contributed by atoms with Crippen molar-refractivity contribution in [1.82, 2.24) is 14.5 Å². The standard InChI is InChI=1S/C24H34N4O.Na.H/c1-8-10-11-27(9-2)23-21-17(5)14-28(24(21)26-19(7)25-23)22-15(3)12-20(18(6)29)13-16(22)4;;/h12-14,18,29H,8-11H2,1-7H3;;/q;+1;-1. The zero-order valence-electron chi connectivity index (χ0n) is 20.9. The number of unbranched alkanes of at least 4 members (excludes halogenated alkanes) is 1. The molecule has 1 unspecified atom stereocenters. The van der Waals surface area contributed by atoms with Gasteiger partial charge in [0.15, 0.2) is 5.65 Å². The molecular formula is C24H35N4NaO. The van der Waals surface area contributed by atoms with Crippen molar-refractivity contribution in [2.45, 2.75) is 67.4 Å². The molecule has 0 aliphatic carbocycles. The predicted molar refractivity (Wildman–Crippen MR) is 122 cm³/mol. The third kappa shape index (κ3) is 4.75. The third-order valence-corrected chi connectivity index (χ3v) is 5.63. The van der Waals surface area contributed by atoms with Crippen molar-refractivity contribution < 1.29 is 36.1 Å². The van der Waals surface area contributed by atoms with Crippen molar-refractivity contribution in [3.8, 4) is 5.69 Å². The molecule has 6 heteroatoms. The summed E-state index contributed by atoms with van der Waals surface area (Å²) in [6, 6.07) is 4.14. The van der Waals surface area contributed by atoms with Crippen molar-refractivity contribution in [2.75, 3.05) is 18.0 Å². The minimum Gasteiger partial charge on any atom is -1.00 e. The number of aromatic nitrogens is 3. The largest absolute Gasteiger partial charge is 1.00 e. The van der Waals surface area contributed by atoms with E-state index in [4.69, 9.17) is 9.97 Å². The molecule has 2 heterocycles. The molecule has 1 atom stereocenters. The van der Waals surface area contributed by atoms with Gasteiger partial charge in [0.25, 0.3) is 0 Å². The fraction of sp³-hybridized carbons (Fsp3) is 0.500. The molecule has 0 radical (unpaired) electrons. The van der Waals surface area contributed by atoms with E-state index in [2.05, 4.69) is 62.4 Å². The Balaban J connectivity index is 0.00000240. The summed E-state index contributed by atoms with van der Waals surface area (Å²) in [7, 11) is 0. The van der Waals surface area contributed by atoms with E-state index >= 15 is 0 Å². The summed E-state index contributed by atoms with van der Waals surface area (Å²) in [5, 5.41) is 11.1. The number of benzene rings is 1. The molecule has 3 aromatic rings. The summed E-state index contributed by atoms with van der Waals surface area (Å²) in [5.74, 6) is 1.83. The van der Waals surface area contributed by atoms with Crippen LogP contribution >= 0.6 is 0 Å². The molecule has 1 N–H and O–H groups in total. The van der Waals surface area contributed by atoms with E-state index in [1.54, 1.807) is 0 Å². The Kier molecular flexibility index (Phi) is 8.51. The van der Waals surface area contributed by atoms with Crippen LogP contribution in [0.3, 0.4) is 0 Å². The zero-order chi connectivity index (χ0) is 21.3. The Morgan fingerprint density at radius 2 is 1.70 bits per heavy atom. The average Bonchev–Trinajstić information content (AvgIpc) is 2.97. The third-order valence-electron chi connectivity index (χ3n) is 5.63. The Bertz CT molecular complexity index is 1010. The van der Waals surface area contributed by atoms with Crippen LogP contribution in [0.1, 0.15) is 69.2 Å². The van der Waals surface area contributed by atoms with Crippen LogP contribution in [0, 0.1) is 27.7 Å². The maximum absolute atomic E-state index is 10.0. The van der Waals surface area contributed by atoms with E-state index in [1.165, 1.54) is 5.56 Å². The van der Waals surface area contributed by atoms with Crippen LogP contribution in [-0.4, -0.2) is 32.7 Å². The summed E-state index contributed by atoms with van der Waals surface area (Å²) < 4.78 is 2.20. The van der Waals surface area contributed by atoms with Gasteiger partial charge in [-0.1, -0.05) is 25.5 Å². The van der Waals surface area contributed by atoms with Gasteiger partial charge in [-0.25, -0.2) is 9.97 Å². The molecule has 0 amide bonds. The fourth-order valence-electron chi connectivity index (χ4n) is 4.16. The van der Waals surface area contributed by atoms with Crippen LogP contribution in [-0.2, 0) is 0 Å². The molecule has 0 aliphatic rings. The number of fused-ring (bicyclic) bond motifs is 1. The first-order valence-corrected chi connectivity index (χ1v) is 10.7. The van der Waals surface area contributed by atoms with Crippen molar-refractivity contribution in [3.63, 3.8) is 0 Å². The van der Waals surface area contributed by atoms with Crippen LogP contribution in [0.4, 0.5) is 5.82 Å². The molecule has 0 saturated carbocycles. The maximum atomic E-state index is 10.0. The Morgan fingerprint density at radius 1 is 1.07 bits per heavy atom. The summed E-state index contributed by atoms with van der Waals surface area (Å²) in [6.07, 6.45) is 4.01. The fourth-order valence-corrected chi connectivity index (χ4v) is 4.16. The van der Waals surface area contributed by atoms with Gasteiger partial charge in [-0.15, -0.1) is 0 Å². The van der Waals surface area contributed by atoms with E-state index in [9.17, 15) is 5.11 Å². The number of nitrogens with zero attached hydrogens (tertiary/aromatic N) is 4. The van der Waals surface area contributed by atoms with Crippen molar-refractivity contribution >= 4 is 16.9 Å². The minimum absolute atomic E-state index is 0. The van der Waals surface area contributed by atoms with E-state index < -0.39 is 6.10 Å². The van der Waals surface area contributed by atoms with Gasteiger partial charge in [-0.2, -0.15) is 0 Å². The van der Waals surface area contributed by atoms with E-state index in [0.29, 0.717) is 0 Å². The van der Waals surface area contributed by atoms with Crippen molar-refractivity contribution in [3.05, 3.63) is 46.4 Å². The van der Waals surface area contributed by atoms with Gasteiger partial charge in [0.1, 0.15) is 11.6 Å². The normalized spacial score (nSPS) is 12.1. The molecule has 0 aliphatic heterocycles. The van der Waals surface area contributed by atoms with Crippen LogP contribution in [0.25, 0.3) is 16.7 Å². The van der Waals surface area contributed by atoms with Gasteiger partial charge < -0.3 is 16.0 Å². The second kappa shape index (κ2) is 10.3. The smallest absolute Gasteiger partial charge is 1.00 e. The SMILES string of the molecule is CCCCN(CC)c1nc(C)nc2c1c(C)cn2-c1c(C)cc(C(C)O)cc1C.[H-].[Na+]. The van der Waals surface area contributed by atoms with Crippen LogP contribution in [0.15, 0.2) is 18.3 Å².